The molecular formula is C16H24N4O2. The van der Waals surface area contributed by atoms with Gasteiger partial charge in [-0.15, -0.1) is 0 Å². The van der Waals surface area contributed by atoms with Gasteiger partial charge in [0.05, 0.1) is 5.92 Å². The van der Waals surface area contributed by atoms with Crippen LogP contribution in [0.1, 0.15) is 32.5 Å². The zero-order chi connectivity index (χ0) is 15.7. The maximum atomic E-state index is 12.4. The van der Waals surface area contributed by atoms with Crippen LogP contribution in [-0.2, 0) is 22.6 Å². The number of carbonyl (C=O) groups is 2. The van der Waals surface area contributed by atoms with Crippen molar-refractivity contribution in [2.75, 3.05) is 13.1 Å². The van der Waals surface area contributed by atoms with Crippen molar-refractivity contribution in [3.05, 3.63) is 18.2 Å². The number of fused-ring (bicyclic) bond motifs is 1. The maximum Gasteiger partial charge on any atom is 0.225 e. The van der Waals surface area contributed by atoms with Crippen LogP contribution in [0.4, 0.5) is 0 Å². The number of imidazole rings is 1. The third kappa shape index (κ3) is 3.15. The van der Waals surface area contributed by atoms with Crippen LogP contribution in [-0.4, -0.2) is 45.4 Å². The molecule has 1 saturated heterocycles. The lowest BCUT2D eigenvalue weighted by Gasteiger charge is -2.26. The number of nitrogens with zero attached hydrogens (tertiary/aromatic N) is 3. The fraction of sp³-hybridized carbons (Fsp3) is 0.688. The van der Waals surface area contributed by atoms with Gasteiger partial charge in [-0.05, 0) is 12.3 Å². The number of hydrogen-bond donors (Lipinski definition) is 1. The molecule has 6 nitrogen and oxygen atoms in total. The molecule has 2 aliphatic rings. The average molecular weight is 304 g/mol. The summed E-state index contributed by atoms with van der Waals surface area (Å²) < 4.78 is 2.10. The van der Waals surface area contributed by atoms with Gasteiger partial charge in [0.15, 0.2) is 0 Å². The highest BCUT2D eigenvalue weighted by molar-refractivity contribution is 5.89. The predicted octanol–water partition coefficient (Wildman–Crippen LogP) is 0.819. The van der Waals surface area contributed by atoms with E-state index in [9.17, 15) is 9.59 Å². The minimum atomic E-state index is -0.199. The smallest absolute Gasteiger partial charge is 0.225 e. The van der Waals surface area contributed by atoms with Crippen molar-refractivity contribution in [3.63, 3.8) is 0 Å². The largest absolute Gasteiger partial charge is 0.351 e. The van der Waals surface area contributed by atoms with Gasteiger partial charge in [-0.25, -0.2) is 4.98 Å². The van der Waals surface area contributed by atoms with Crippen LogP contribution >= 0.6 is 0 Å². The lowest BCUT2D eigenvalue weighted by Crippen LogP contribution is -2.44. The molecule has 1 fully saturated rings. The minimum Gasteiger partial charge on any atom is -0.351 e. The molecule has 0 saturated carbocycles. The second-order valence-corrected chi connectivity index (χ2v) is 6.83. The van der Waals surface area contributed by atoms with Gasteiger partial charge in [-0.3, -0.25) is 9.59 Å². The molecule has 120 valence electrons. The van der Waals surface area contributed by atoms with E-state index < -0.39 is 0 Å². The molecule has 3 rings (SSSR count). The van der Waals surface area contributed by atoms with Gasteiger partial charge in [0, 0.05) is 50.9 Å². The van der Waals surface area contributed by atoms with Crippen LogP contribution in [0.25, 0.3) is 0 Å². The molecule has 0 aromatic carbocycles. The third-order valence-electron chi connectivity index (χ3n) is 4.45. The first-order valence-electron chi connectivity index (χ1n) is 8.11. The highest BCUT2D eigenvalue weighted by Crippen LogP contribution is 2.20. The number of likely N-dealkylation sites (tertiary alicyclic amines) is 1. The van der Waals surface area contributed by atoms with Gasteiger partial charge in [-0.1, -0.05) is 13.8 Å². The number of aromatic nitrogens is 2. The van der Waals surface area contributed by atoms with Crippen molar-refractivity contribution in [1.29, 1.82) is 0 Å². The Morgan fingerprint density at radius 2 is 2.27 bits per heavy atom. The van der Waals surface area contributed by atoms with E-state index >= 15 is 0 Å². The highest BCUT2D eigenvalue weighted by Gasteiger charge is 2.35. The summed E-state index contributed by atoms with van der Waals surface area (Å²) in [7, 11) is 0. The standard InChI is InChI=1S/C16H24N4O2/c1-11(2)8-20-9-12(7-15(20)21)16(22)18-13-3-4-14-17-5-6-19(14)10-13/h5-6,11-13H,3-4,7-10H2,1-2H3,(H,18,22)/t12-,13-/m0/s1. The van der Waals surface area contributed by atoms with Crippen LogP contribution in [0, 0.1) is 11.8 Å². The molecule has 6 heteroatoms. The number of nitrogens with one attached hydrogen (secondary N) is 1. The molecule has 0 spiro atoms. The minimum absolute atomic E-state index is 0.0215. The topological polar surface area (TPSA) is 67.2 Å². The van der Waals surface area contributed by atoms with Crippen molar-refractivity contribution >= 4 is 11.8 Å². The summed E-state index contributed by atoms with van der Waals surface area (Å²) >= 11 is 0. The van der Waals surface area contributed by atoms with E-state index in [1.54, 1.807) is 6.20 Å². The molecule has 22 heavy (non-hydrogen) atoms. The molecular weight excluding hydrogens is 280 g/mol. The van der Waals surface area contributed by atoms with Gasteiger partial charge in [0.25, 0.3) is 0 Å². The van der Waals surface area contributed by atoms with Crippen molar-refractivity contribution in [2.45, 2.75) is 45.7 Å². The number of amides is 2. The molecule has 0 aliphatic carbocycles. The van der Waals surface area contributed by atoms with Crippen molar-refractivity contribution in [3.8, 4) is 0 Å². The lowest BCUT2D eigenvalue weighted by atomic mass is 10.0. The molecule has 1 aromatic heterocycles. The molecule has 2 amide bonds. The molecule has 2 atom stereocenters. The fourth-order valence-electron chi connectivity index (χ4n) is 3.37. The summed E-state index contributed by atoms with van der Waals surface area (Å²) in [6, 6.07) is 0.142. The summed E-state index contributed by atoms with van der Waals surface area (Å²) in [4.78, 5) is 30.5. The Morgan fingerprint density at radius 1 is 1.45 bits per heavy atom. The first-order valence-corrected chi connectivity index (χ1v) is 8.11. The van der Waals surface area contributed by atoms with Gasteiger partial charge in [-0.2, -0.15) is 0 Å². The quantitative estimate of drug-likeness (QED) is 0.895. The summed E-state index contributed by atoms with van der Waals surface area (Å²) in [5, 5.41) is 3.12. The first kappa shape index (κ1) is 15.1. The lowest BCUT2D eigenvalue weighted by molar-refractivity contribution is -0.129. The molecule has 1 N–H and O–H groups in total. The van der Waals surface area contributed by atoms with Gasteiger partial charge in [0.2, 0.25) is 11.8 Å². The Morgan fingerprint density at radius 3 is 3.05 bits per heavy atom. The number of aryl methyl sites for hydroxylation is 1. The van der Waals surface area contributed by atoms with Crippen molar-refractivity contribution in [2.24, 2.45) is 11.8 Å². The van der Waals surface area contributed by atoms with Crippen LogP contribution < -0.4 is 5.32 Å². The maximum absolute atomic E-state index is 12.4. The molecule has 0 radical (unpaired) electrons. The Kier molecular flexibility index (Phi) is 4.18. The molecule has 1 aromatic rings. The van der Waals surface area contributed by atoms with Gasteiger partial charge < -0.3 is 14.8 Å². The van der Waals surface area contributed by atoms with Crippen molar-refractivity contribution < 1.29 is 9.59 Å². The van der Waals surface area contributed by atoms with Crippen LogP contribution in [0.2, 0.25) is 0 Å². The van der Waals surface area contributed by atoms with E-state index in [0.717, 1.165) is 31.8 Å². The summed E-state index contributed by atoms with van der Waals surface area (Å²) in [6.07, 6.45) is 5.91. The van der Waals surface area contributed by atoms with Gasteiger partial charge in [0.1, 0.15) is 5.82 Å². The zero-order valence-corrected chi connectivity index (χ0v) is 13.3. The van der Waals surface area contributed by atoms with E-state index in [2.05, 4.69) is 28.7 Å². The molecule has 3 heterocycles. The van der Waals surface area contributed by atoms with E-state index in [4.69, 9.17) is 0 Å². The number of hydrogen-bond acceptors (Lipinski definition) is 3. The van der Waals surface area contributed by atoms with E-state index in [1.165, 1.54) is 0 Å². The third-order valence-corrected chi connectivity index (χ3v) is 4.45. The SMILES string of the molecule is CC(C)CN1C[C@@H](C(=O)N[C@H]2CCc3nccn3C2)CC1=O. The molecule has 2 aliphatic heterocycles. The van der Waals surface area contributed by atoms with Gasteiger partial charge >= 0.3 is 0 Å². The van der Waals surface area contributed by atoms with E-state index in [0.29, 0.717) is 18.9 Å². The first-order chi connectivity index (χ1) is 10.5. The summed E-state index contributed by atoms with van der Waals surface area (Å²) in [5.41, 5.74) is 0. The summed E-state index contributed by atoms with van der Waals surface area (Å²) in [5.74, 6) is 1.45. The number of carbonyl (C=O) groups excluding carboxylic acids is 2. The van der Waals surface area contributed by atoms with Crippen LogP contribution in [0.15, 0.2) is 12.4 Å². The average Bonchev–Trinajstić information content (AvgIpc) is 3.05. The second-order valence-electron chi connectivity index (χ2n) is 6.83. The van der Waals surface area contributed by atoms with Crippen molar-refractivity contribution in [1.82, 2.24) is 19.8 Å². The Bertz CT molecular complexity index is 566. The van der Waals surface area contributed by atoms with E-state index in [1.807, 2.05) is 11.1 Å². The Hall–Kier alpha value is -1.85. The predicted molar refractivity (Wildman–Crippen MR) is 82.0 cm³/mol. The second kappa shape index (κ2) is 6.10. The Labute approximate surface area is 130 Å². The number of rotatable bonds is 4. The molecule has 0 unspecified atom stereocenters. The summed E-state index contributed by atoms with van der Waals surface area (Å²) in [6.45, 7) is 6.25. The Balaban J connectivity index is 1.54. The normalized spacial score (nSPS) is 24.7. The van der Waals surface area contributed by atoms with E-state index in [-0.39, 0.29) is 23.8 Å². The molecule has 0 bridgehead atoms. The van der Waals surface area contributed by atoms with Crippen LogP contribution in [0.5, 0.6) is 0 Å². The zero-order valence-electron chi connectivity index (χ0n) is 13.3. The highest BCUT2D eigenvalue weighted by atomic mass is 16.2. The van der Waals surface area contributed by atoms with Crippen LogP contribution in [0.3, 0.4) is 0 Å². The monoisotopic (exact) mass is 304 g/mol. The fourth-order valence-corrected chi connectivity index (χ4v) is 3.37.